The topological polar surface area (TPSA) is 56.5 Å². The first-order chi connectivity index (χ1) is 14.1. The molecule has 0 amide bonds. The molecule has 0 unspecified atom stereocenters. The van der Waals surface area contributed by atoms with E-state index in [2.05, 4.69) is 64.9 Å². The predicted molar refractivity (Wildman–Crippen MR) is 117 cm³/mol. The molecule has 0 fully saturated rings. The number of imidazole rings is 1. The summed E-state index contributed by atoms with van der Waals surface area (Å²) in [6.45, 7) is 4.21. The molecular weight excluding hydrogens is 358 g/mol. The van der Waals surface area contributed by atoms with Gasteiger partial charge in [-0.3, -0.25) is 15.0 Å². The summed E-state index contributed by atoms with van der Waals surface area (Å²) in [5.41, 5.74) is 8.53. The first-order valence-electron chi connectivity index (χ1n) is 10.1. The zero-order valence-corrected chi connectivity index (χ0v) is 17.0. The van der Waals surface area contributed by atoms with Crippen LogP contribution < -0.4 is 0 Å². The molecule has 0 aliphatic rings. The van der Waals surface area contributed by atoms with Gasteiger partial charge >= 0.3 is 0 Å². The van der Waals surface area contributed by atoms with E-state index < -0.39 is 0 Å². The Bertz CT molecular complexity index is 1370. The highest BCUT2D eigenvalue weighted by molar-refractivity contribution is 6.02. The monoisotopic (exact) mass is 381 g/mol. The smallest absolute Gasteiger partial charge is 0.110 e. The second-order valence-electron chi connectivity index (χ2n) is 7.54. The van der Waals surface area contributed by atoms with E-state index in [1.165, 1.54) is 5.56 Å². The van der Waals surface area contributed by atoms with Gasteiger partial charge in [-0.25, -0.2) is 4.98 Å². The Morgan fingerprint density at radius 3 is 2.62 bits per heavy atom. The summed E-state index contributed by atoms with van der Waals surface area (Å²) in [6.07, 6.45) is 4.47. The predicted octanol–water partition coefficient (Wildman–Crippen LogP) is 4.72. The fraction of sp³-hybridized carbons (Fsp3) is 0.250. The van der Waals surface area contributed by atoms with Crippen LogP contribution in [0.1, 0.15) is 29.7 Å². The van der Waals surface area contributed by atoms with Crippen molar-refractivity contribution in [3.05, 3.63) is 71.4 Å². The highest BCUT2D eigenvalue weighted by atomic mass is 15.1. The SMILES string of the molecule is CCc1cc(C)nc2ccc(CCc3nc4c5cccnc5ccc4n3C)nc12. The van der Waals surface area contributed by atoms with Gasteiger partial charge in [0.2, 0.25) is 0 Å². The van der Waals surface area contributed by atoms with E-state index >= 15 is 0 Å². The maximum Gasteiger partial charge on any atom is 0.110 e. The molecule has 5 nitrogen and oxygen atoms in total. The number of fused-ring (bicyclic) bond motifs is 4. The summed E-state index contributed by atoms with van der Waals surface area (Å²) in [7, 11) is 2.09. The van der Waals surface area contributed by atoms with Crippen LogP contribution in [-0.2, 0) is 26.3 Å². The quantitative estimate of drug-likeness (QED) is 0.452. The van der Waals surface area contributed by atoms with Gasteiger partial charge in [-0.1, -0.05) is 6.92 Å². The van der Waals surface area contributed by atoms with Gasteiger partial charge in [-0.15, -0.1) is 0 Å². The van der Waals surface area contributed by atoms with E-state index in [0.29, 0.717) is 0 Å². The van der Waals surface area contributed by atoms with Crippen molar-refractivity contribution in [2.75, 3.05) is 0 Å². The van der Waals surface area contributed by atoms with Gasteiger partial charge in [0, 0.05) is 36.4 Å². The molecule has 5 rings (SSSR count). The van der Waals surface area contributed by atoms with Crippen LogP contribution in [0.15, 0.2) is 48.7 Å². The van der Waals surface area contributed by atoms with Gasteiger partial charge in [0.15, 0.2) is 0 Å². The van der Waals surface area contributed by atoms with E-state index in [1.807, 2.05) is 19.2 Å². The Labute approximate surface area is 169 Å². The zero-order chi connectivity index (χ0) is 20.0. The number of pyridine rings is 3. The molecule has 0 aliphatic heterocycles. The fourth-order valence-electron chi connectivity index (χ4n) is 4.09. The third-order valence-electron chi connectivity index (χ3n) is 5.63. The van der Waals surface area contributed by atoms with Crippen molar-refractivity contribution in [1.29, 1.82) is 0 Å². The maximum atomic E-state index is 4.95. The van der Waals surface area contributed by atoms with Crippen molar-refractivity contribution in [2.24, 2.45) is 7.05 Å². The van der Waals surface area contributed by atoms with E-state index in [0.717, 1.165) is 69.4 Å². The number of hydrogen-bond acceptors (Lipinski definition) is 4. The fourth-order valence-corrected chi connectivity index (χ4v) is 4.09. The minimum Gasteiger partial charge on any atom is -0.331 e. The third kappa shape index (κ3) is 3.03. The van der Waals surface area contributed by atoms with E-state index in [-0.39, 0.29) is 0 Å². The van der Waals surface area contributed by atoms with Crippen LogP contribution in [0.4, 0.5) is 0 Å². The summed E-state index contributed by atoms with van der Waals surface area (Å²) >= 11 is 0. The third-order valence-corrected chi connectivity index (χ3v) is 5.63. The lowest BCUT2D eigenvalue weighted by Gasteiger charge is -2.08. The lowest BCUT2D eigenvalue weighted by Crippen LogP contribution is -2.03. The molecule has 4 aromatic heterocycles. The minimum atomic E-state index is 0.839. The molecule has 0 bridgehead atoms. The molecular formula is C24H23N5. The van der Waals surface area contributed by atoms with Crippen molar-refractivity contribution in [1.82, 2.24) is 24.5 Å². The van der Waals surface area contributed by atoms with Crippen LogP contribution in [0, 0.1) is 6.92 Å². The number of rotatable bonds is 4. The van der Waals surface area contributed by atoms with Gasteiger partial charge in [-0.2, -0.15) is 0 Å². The zero-order valence-electron chi connectivity index (χ0n) is 17.0. The largest absolute Gasteiger partial charge is 0.331 e. The van der Waals surface area contributed by atoms with Crippen molar-refractivity contribution in [3.63, 3.8) is 0 Å². The van der Waals surface area contributed by atoms with Gasteiger partial charge in [0.1, 0.15) is 5.82 Å². The van der Waals surface area contributed by atoms with Gasteiger partial charge in [-0.05, 0) is 67.8 Å². The summed E-state index contributed by atoms with van der Waals surface area (Å²) in [5.74, 6) is 1.07. The molecule has 0 saturated heterocycles. The molecule has 1 aromatic carbocycles. The van der Waals surface area contributed by atoms with Crippen LogP contribution >= 0.6 is 0 Å². The highest BCUT2D eigenvalue weighted by Gasteiger charge is 2.12. The average Bonchev–Trinajstić information content (AvgIpc) is 3.07. The molecule has 4 heterocycles. The number of hydrogen-bond donors (Lipinski definition) is 0. The van der Waals surface area contributed by atoms with E-state index in [9.17, 15) is 0 Å². The molecule has 0 spiro atoms. The Hall–Kier alpha value is -3.34. The van der Waals surface area contributed by atoms with Gasteiger partial charge in [0.25, 0.3) is 0 Å². The molecule has 0 saturated carbocycles. The van der Waals surface area contributed by atoms with Crippen LogP contribution in [0.3, 0.4) is 0 Å². The van der Waals surface area contributed by atoms with Crippen LogP contribution in [0.2, 0.25) is 0 Å². The van der Waals surface area contributed by atoms with E-state index in [1.54, 1.807) is 0 Å². The van der Waals surface area contributed by atoms with Crippen molar-refractivity contribution < 1.29 is 0 Å². The highest BCUT2D eigenvalue weighted by Crippen LogP contribution is 2.25. The Kier molecular flexibility index (Phi) is 4.23. The van der Waals surface area contributed by atoms with Crippen molar-refractivity contribution >= 4 is 33.0 Å². The second-order valence-corrected chi connectivity index (χ2v) is 7.54. The number of aromatic nitrogens is 5. The molecule has 29 heavy (non-hydrogen) atoms. The lowest BCUT2D eigenvalue weighted by atomic mass is 10.1. The second kappa shape index (κ2) is 6.92. The molecule has 5 aromatic rings. The number of aryl methyl sites for hydroxylation is 5. The van der Waals surface area contributed by atoms with Crippen molar-refractivity contribution in [3.8, 4) is 0 Å². The minimum absolute atomic E-state index is 0.839. The number of benzene rings is 1. The molecule has 0 N–H and O–H groups in total. The molecule has 5 heteroatoms. The maximum absolute atomic E-state index is 4.95. The summed E-state index contributed by atoms with van der Waals surface area (Å²) in [6, 6.07) is 14.6. The first kappa shape index (κ1) is 17.7. The number of nitrogens with zero attached hydrogens (tertiary/aromatic N) is 5. The molecule has 144 valence electrons. The van der Waals surface area contributed by atoms with Crippen LogP contribution in [-0.4, -0.2) is 24.5 Å². The standard InChI is InChI=1S/C24H23N5/c1-4-16-14-15(2)26-20-9-7-17(27-23(16)20)8-12-22-28-24-18-6-5-13-25-19(18)10-11-21(24)29(22)3/h5-7,9-11,13-14H,4,8,12H2,1-3H3. The molecule has 0 atom stereocenters. The molecule has 0 aliphatic carbocycles. The van der Waals surface area contributed by atoms with Crippen LogP contribution in [0.25, 0.3) is 33.0 Å². The summed E-state index contributed by atoms with van der Waals surface area (Å²) < 4.78 is 2.19. The Morgan fingerprint density at radius 2 is 1.76 bits per heavy atom. The van der Waals surface area contributed by atoms with Crippen LogP contribution in [0.5, 0.6) is 0 Å². The van der Waals surface area contributed by atoms with Gasteiger partial charge in [0.05, 0.1) is 27.6 Å². The average molecular weight is 381 g/mol. The van der Waals surface area contributed by atoms with Crippen molar-refractivity contribution in [2.45, 2.75) is 33.1 Å². The lowest BCUT2D eigenvalue weighted by molar-refractivity contribution is 0.777. The molecule has 0 radical (unpaired) electrons. The Morgan fingerprint density at radius 1 is 0.897 bits per heavy atom. The normalized spacial score (nSPS) is 11.7. The first-order valence-corrected chi connectivity index (χ1v) is 10.1. The Balaban J connectivity index is 1.49. The van der Waals surface area contributed by atoms with Gasteiger partial charge < -0.3 is 4.57 Å². The summed E-state index contributed by atoms with van der Waals surface area (Å²) in [5, 5.41) is 1.10. The summed E-state index contributed by atoms with van der Waals surface area (Å²) in [4.78, 5) is 19.0. The van der Waals surface area contributed by atoms with E-state index in [4.69, 9.17) is 9.97 Å².